The van der Waals surface area contributed by atoms with Crippen LogP contribution in [-0.2, 0) is 6.42 Å². The molecule has 0 aliphatic carbocycles. The van der Waals surface area contributed by atoms with Crippen LogP contribution < -0.4 is 0 Å². The number of hydrogen-bond acceptors (Lipinski definition) is 2. The zero-order valence-corrected chi connectivity index (χ0v) is 10.4. The molecule has 0 saturated carbocycles. The van der Waals surface area contributed by atoms with Crippen molar-refractivity contribution in [3.63, 3.8) is 0 Å². The fourth-order valence-corrected chi connectivity index (χ4v) is 2.47. The Morgan fingerprint density at radius 2 is 2.25 bits per heavy atom. The summed E-state index contributed by atoms with van der Waals surface area (Å²) in [5.41, 5.74) is 2.60. The minimum Gasteiger partial charge on any atom is -0.241 e. The van der Waals surface area contributed by atoms with Gasteiger partial charge in [0, 0.05) is 23.2 Å². The first-order valence-corrected chi connectivity index (χ1v) is 6.39. The Balaban J connectivity index is 2.31. The highest BCUT2D eigenvalue weighted by Crippen LogP contribution is 2.25. The SMILES string of the molecule is Cc1cc(-c2nc(CCCl)cs2)ccc1F. The summed E-state index contributed by atoms with van der Waals surface area (Å²) in [7, 11) is 0. The van der Waals surface area contributed by atoms with E-state index in [2.05, 4.69) is 4.98 Å². The maximum Gasteiger partial charge on any atom is 0.126 e. The lowest BCUT2D eigenvalue weighted by Crippen LogP contribution is -1.87. The molecule has 0 spiro atoms. The van der Waals surface area contributed by atoms with Crippen LogP contribution in [0.25, 0.3) is 10.6 Å². The number of aryl methyl sites for hydroxylation is 2. The summed E-state index contributed by atoms with van der Waals surface area (Å²) in [5, 5.41) is 2.92. The van der Waals surface area contributed by atoms with Crippen molar-refractivity contribution in [1.82, 2.24) is 4.98 Å². The Hall–Kier alpha value is -0.930. The molecule has 0 saturated heterocycles. The Kier molecular flexibility index (Phi) is 3.56. The Bertz CT molecular complexity index is 496. The molecule has 16 heavy (non-hydrogen) atoms. The third kappa shape index (κ3) is 2.42. The zero-order valence-electron chi connectivity index (χ0n) is 8.84. The third-order valence-electron chi connectivity index (χ3n) is 2.31. The maximum atomic E-state index is 13.1. The first-order chi connectivity index (χ1) is 7.70. The molecule has 2 aromatic rings. The maximum absolute atomic E-state index is 13.1. The van der Waals surface area contributed by atoms with Gasteiger partial charge in [0.05, 0.1) is 5.69 Å². The minimum absolute atomic E-state index is 0.179. The van der Waals surface area contributed by atoms with E-state index < -0.39 is 0 Å². The summed E-state index contributed by atoms with van der Waals surface area (Å²) < 4.78 is 13.1. The second-order valence-corrected chi connectivity index (χ2v) is 4.78. The van der Waals surface area contributed by atoms with Crippen LogP contribution in [0.4, 0.5) is 4.39 Å². The van der Waals surface area contributed by atoms with E-state index >= 15 is 0 Å². The van der Waals surface area contributed by atoms with Crippen molar-refractivity contribution < 1.29 is 4.39 Å². The molecule has 0 atom stereocenters. The van der Waals surface area contributed by atoms with Gasteiger partial charge in [-0.25, -0.2) is 9.37 Å². The summed E-state index contributed by atoms with van der Waals surface area (Å²) in [6.45, 7) is 1.76. The van der Waals surface area contributed by atoms with Crippen LogP contribution in [0.15, 0.2) is 23.6 Å². The number of nitrogens with zero attached hydrogens (tertiary/aromatic N) is 1. The number of halogens is 2. The molecule has 1 aromatic heterocycles. The molecular formula is C12H11ClFNS. The summed E-state index contributed by atoms with van der Waals surface area (Å²) in [6, 6.07) is 5.05. The van der Waals surface area contributed by atoms with Crippen LogP contribution in [-0.4, -0.2) is 10.9 Å². The Labute approximate surface area is 103 Å². The van der Waals surface area contributed by atoms with Crippen LogP contribution >= 0.6 is 22.9 Å². The number of thiazole rings is 1. The van der Waals surface area contributed by atoms with Gasteiger partial charge in [0.15, 0.2) is 0 Å². The van der Waals surface area contributed by atoms with Gasteiger partial charge in [-0.3, -0.25) is 0 Å². The van der Waals surface area contributed by atoms with E-state index in [4.69, 9.17) is 11.6 Å². The molecule has 2 rings (SSSR count). The average molecular weight is 256 g/mol. The molecule has 1 nitrogen and oxygen atoms in total. The second-order valence-electron chi connectivity index (χ2n) is 3.55. The fraction of sp³-hybridized carbons (Fsp3) is 0.250. The molecule has 0 aliphatic rings. The molecule has 0 amide bonds. The second kappa shape index (κ2) is 4.93. The number of benzene rings is 1. The number of hydrogen-bond donors (Lipinski definition) is 0. The molecule has 4 heteroatoms. The van der Waals surface area contributed by atoms with Crippen molar-refractivity contribution in [3.05, 3.63) is 40.7 Å². The highest BCUT2D eigenvalue weighted by molar-refractivity contribution is 7.13. The van der Waals surface area contributed by atoms with Crippen LogP contribution in [0.2, 0.25) is 0 Å². The molecule has 1 heterocycles. The summed E-state index contributed by atoms with van der Waals surface area (Å²) in [5.74, 6) is 0.396. The van der Waals surface area contributed by atoms with Crippen LogP contribution in [0, 0.1) is 12.7 Å². The molecule has 0 fully saturated rings. The summed E-state index contributed by atoms with van der Waals surface area (Å²) in [4.78, 5) is 4.45. The van der Waals surface area contributed by atoms with Crippen molar-refractivity contribution in [3.8, 4) is 10.6 Å². The summed E-state index contributed by atoms with van der Waals surface area (Å²) >= 11 is 7.22. The Morgan fingerprint density at radius 1 is 1.44 bits per heavy atom. The lowest BCUT2D eigenvalue weighted by Gasteiger charge is -1.99. The van der Waals surface area contributed by atoms with Crippen molar-refractivity contribution in [2.75, 3.05) is 5.88 Å². The monoisotopic (exact) mass is 255 g/mol. The number of alkyl halides is 1. The molecular weight excluding hydrogens is 245 g/mol. The quantitative estimate of drug-likeness (QED) is 0.755. The van der Waals surface area contributed by atoms with Gasteiger partial charge in [-0.2, -0.15) is 0 Å². The fourth-order valence-electron chi connectivity index (χ4n) is 1.43. The molecule has 0 aliphatic heterocycles. The first kappa shape index (κ1) is 11.6. The van der Waals surface area contributed by atoms with Crippen molar-refractivity contribution in [1.29, 1.82) is 0 Å². The van der Waals surface area contributed by atoms with E-state index in [0.717, 1.165) is 22.7 Å². The highest BCUT2D eigenvalue weighted by Gasteiger charge is 2.06. The molecule has 1 aromatic carbocycles. The van der Waals surface area contributed by atoms with E-state index in [1.165, 1.54) is 6.07 Å². The predicted octanol–water partition coefficient (Wildman–Crippen LogP) is 4.04. The van der Waals surface area contributed by atoms with Gasteiger partial charge in [-0.15, -0.1) is 22.9 Å². The molecule has 84 valence electrons. The lowest BCUT2D eigenvalue weighted by molar-refractivity contribution is 0.619. The largest absolute Gasteiger partial charge is 0.241 e. The first-order valence-electron chi connectivity index (χ1n) is 4.97. The smallest absolute Gasteiger partial charge is 0.126 e. The van der Waals surface area contributed by atoms with E-state index in [1.807, 2.05) is 11.4 Å². The van der Waals surface area contributed by atoms with E-state index in [9.17, 15) is 4.39 Å². The normalized spacial score (nSPS) is 10.7. The lowest BCUT2D eigenvalue weighted by atomic mass is 10.1. The van der Waals surface area contributed by atoms with Crippen LogP contribution in [0.5, 0.6) is 0 Å². The number of rotatable bonds is 3. The van der Waals surface area contributed by atoms with Crippen molar-refractivity contribution in [2.24, 2.45) is 0 Å². The summed E-state index contributed by atoms with van der Waals surface area (Å²) in [6.07, 6.45) is 0.776. The van der Waals surface area contributed by atoms with E-state index in [0.29, 0.717) is 11.4 Å². The van der Waals surface area contributed by atoms with Crippen molar-refractivity contribution >= 4 is 22.9 Å². The van der Waals surface area contributed by atoms with Crippen LogP contribution in [0.3, 0.4) is 0 Å². The highest BCUT2D eigenvalue weighted by atomic mass is 35.5. The minimum atomic E-state index is -0.179. The molecule has 0 bridgehead atoms. The predicted molar refractivity (Wildman–Crippen MR) is 66.7 cm³/mol. The van der Waals surface area contributed by atoms with E-state index in [-0.39, 0.29) is 5.82 Å². The van der Waals surface area contributed by atoms with Gasteiger partial charge in [0.2, 0.25) is 0 Å². The van der Waals surface area contributed by atoms with Gasteiger partial charge in [-0.05, 0) is 30.7 Å². The molecule has 0 radical (unpaired) electrons. The van der Waals surface area contributed by atoms with Crippen LogP contribution in [0.1, 0.15) is 11.3 Å². The Morgan fingerprint density at radius 3 is 2.94 bits per heavy atom. The van der Waals surface area contributed by atoms with Gasteiger partial charge in [0.25, 0.3) is 0 Å². The van der Waals surface area contributed by atoms with Gasteiger partial charge >= 0.3 is 0 Å². The average Bonchev–Trinajstić information content (AvgIpc) is 2.71. The molecule has 0 unspecified atom stereocenters. The zero-order chi connectivity index (χ0) is 11.5. The van der Waals surface area contributed by atoms with Gasteiger partial charge in [-0.1, -0.05) is 0 Å². The van der Waals surface area contributed by atoms with E-state index in [1.54, 1.807) is 24.3 Å². The standard InChI is InChI=1S/C12H11ClFNS/c1-8-6-9(2-3-11(8)14)12-15-10(4-5-13)7-16-12/h2-3,6-7H,4-5H2,1H3. The molecule has 0 N–H and O–H groups in total. The van der Waals surface area contributed by atoms with Gasteiger partial charge in [0.1, 0.15) is 10.8 Å². The topological polar surface area (TPSA) is 12.9 Å². The number of aromatic nitrogens is 1. The third-order valence-corrected chi connectivity index (χ3v) is 3.44. The van der Waals surface area contributed by atoms with Gasteiger partial charge < -0.3 is 0 Å². The van der Waals surface area contributed by atoms with Crippen molar-refractivity contribution in [2.45, 2.75) is 13.3 Å².